The SMILES string of the molecule is CCOc1ccc(CNc2cn(C)nc2OC)cc1.Cl. The topological polar surface area (TPSA) is 48.3 Å². The largest absolute Gasteiger partial charge is 0.494 e. The number of nitrogens with zero attached hydrogens (tertiary/aromatic N) is 2. The first-order valence-electron chi connectivity index (χ1n) is 6.26. The smallest absolute Gasteiger partial charge is 0.256 e. The molecule has 0 atom stereocenters. The van der Waals surface area contributed by atoms with Gasteiger partial charge >= 0.3 is 0 Å². The summed E-state index contributed by atoms with van der Waals surface area (Å²) >= 11 is 0. The fourth-order valence-corrected chi connectivity index (χ4v) is 1.81. The molecule has 2 rings (SSSR count). The lowest BCUT2D eigenvalue weighted by Gasteiger charge is -2.07. The van der Waals surface area contributed by atoms with Crippen LogP contribution in [0.2, 0.25) is 0 Å². The first-order chi connectivity index (χ1) is 9.22. The minimum Gasteiger partial charge on any atom is -0.494 e. The van der Waals surface area contributed by atoms with Crippen molar-refractivity contribution >= 4 is 18.1 Å². The Balaban J connectivity index is 0.00000200. The van der Waals surface area contributed by atoms with E-state index in [1.807, 2.05) is 44.4 Å². The van der Waals surface area contributed by atoms with Gasteiger partial charge in [0.15, 0.2) is 0 Å². The van der Waals surface area contributed by atoms with Crippen LogP contribution in [0.4, 0.5) is 5.69 Å². The standard InChI is InChI=1S/C14H19N3O2.ClH/c1-4-19-12-7-5-11(6-8-12)9-15-13-10-17(2)16-14(13)18-3;/h5-8,10,15H,4,9H2,1-3H3;1H. The fraction of sp³-hybridized carbons (Fsp3) is 0.357. The van der Waals surface area contributed by atoms with E-state index in [1.165, 1.54) is 5.56 Å². The first-order valence-corrected chi connectivity index (χ1v) is 6.26. The highest BCUT2D eigenvalue weighted by Gasteiger charge is 2.06. The molecule has 2 aromatic rings. The maximum Gasteiger partial charge on any atom is 0.256 e. The van der Waals surface area contributed by atoms with Crippen LogP contribution in [0.5, 0.6) is 11.6 Å². The van der Waals surface area contributed by atoms with Crippen molar-refractivity contribution in [3.05, 3.63) is 36.0 Å². The van der Waals surface area contributed by atoms with Gasteiger partial charge in [-0.25, -0.2) is 0 Å². The normalized spacial score (nSPS) is 9.75. The molecule has 0 fully saturated rings. The van der Waals surface area contributed by atoms with Gasteiger partial charge in [-0.2, -0.15) is 0 Å². The molecular weight excluding hydrogens is 278 g/mol. The Bertz CT molecular complexity index is 526. The second-order valence-corrected chi connectivity index (χ2v) is 4.16. The van der Waals surface area contributed by atoms with Crippen molar-refractivity contribution in [2.45, 2.75) is 13.5 Å². The Morgan fingerprint density at radius 2 is 1.95 bits per heavy atom. The highest BCUT2D eigenvalue weighted by Crippen LogP contribution is 2.22. The molecule has 0 aliphatic rings. The average molecular weight is 298 g/mol. The molecule has 0 aliphatic heterocycles. The molecule has 0 unspecified atom stereocenters. The lowest BCUT2D eigenvalue weighted by Crippen LogP contribution is -2.00. The van der Waals surface area contributed by atoms with E-state index in [4.69, 9.17) is 9.47 Å². The second-order valence-electron chi connectivity index (χ2n) is 4.16. The Morgan fingerprint density at radius 3 is 2.55 bits per heavy atom. The Kier molecular flexibility index (Phi) is 6.18. The molecule has 1 aromatic carbocycles. The van der Waals surface area contributed by atoms with Crippen LogP contribution in [0, 0.1) is 0 Å². The molecule has 5 nitrogen and oxygen atoms in total. The molecule has 1 heterocycles. The minimum absolute atomic E-state index is 0. The van der Waals surface area contributed by atoms with Crippen molar-refractivity contribution in [2.75, 3.05) is 19.0 Å². The summed E-state index contributed by atoms with van der Waals surface area (Å²) in [5.41, 5.74) is 2.06. The van der Waals surface area contributed by atoms with Crippen LogP contribution < -0.4 is 14.8 Å². The Hall–Kier alpha value is -1.88. The van der Waals surface area contributed by atoms with Gasteiger partial charge in [-0.05, 0) is 24.6 Å². The highest BCUT2D eigenvalue weighted by molar-refractivity contribution is 5.85. The molecule has 1 aromatic heterocycles. The molecule has 0 saturated carbocycles. The number of halogens is 1. The van der Waals surface area contributed by atoms with E-state index in [9.17, 15) is 0 Å². The van der Waals surface area contributed by atoms with Gasteiger partial charge in [0.2, 0.25) is 0 Å². The molecular formula is C14H20ClN3O2. The third-order valence-corrected chi connectivity index (χ3v) is 2.71. The van der Waals surface area contributed by atoms with E-state index in [1.54, 1.807) is 11.8 Å². The summed E-state index contributed by atoms with van der Waals surface area (Å²) in [5, 5.41) is 7.50. The van der Waals surface area contributed by atoms with Crippen LogP contribution >= 0.6 is 12.4 Å². The number of nitrogens with one attached hydrogen (secondary N) is 1. The predicted molar refractivity (Wildman–Crippen MR) is 81.9 cm³/mol. The van der Waals surface area contributed by atoms with Crippen molar-refractivity contribution in [1.82, 2.24) is 9.78 Å². The molecule has 0 radical (unpaired) electrons. The van der Waals surface area contributed by atoms with Crippen LogP contribution in [0.1, 0.15) is 12.5 Å². The van der Waals surface area contributed by atoms with Gasteiger partial charge < -0.3 is 14.8 Å². The van der Waals surface area contributed by atoms with Crippen molar-refractivity contribution in [1.29, 1.82) is 0 Å². The number of ether oxygens (including phenoxy) is 2. The van der Waals surface area contributed by atoms with Gasteiger partial charge in [-0.15, -0.1) is 17.5 Å². The van der Waals surface area contributed by atoms with E-state index >= 15 is 0 Å². The monoisotopic (exact) mass is 297 g/mol. The van der Waals surface area contributed by atoms with Gasteiger partial charge in [-0.3, -0.25) is 4.68 Å². The van der Waals surface area contributed by atoms with E-state index in [0.29, 0.717) is 19.0 Å². The average Bonchev–Trinajstić information content (AvgIpc) is 2.79. The van der Waals surface area contributed by atoms with Crippen molar-refractivity contribution < 1.29 is 9.47 Å². The summed E-state index contributed by atoms with van der Waals surface area (Å²) in [6, 6.07) is 8.03. The van der Waals surface area contributed by atoms with Crippen LogP contribution in [0.3, 0.4) is 0 Å². The molecule has 1 N–H and O–H groups in total. The van der Waals surface area contributed by atoms with Crippen LogP contribution in [-0.2, 0) is 13.6 Å². The number of anilines is 1. The molecule has 0 aliphatic carbocycles. The van der Waals surface area contributed by atoms with Gasteiger partial charge in [0, 0.05) is 13.6 Å². The third-order valence-electron chi connectivity index (χ3n) is 2.71. The number of methoxy groups -OCH3 is 1. The molecule has 6 heteroatoms. The highest BCUT2D eigenvalue weighted by atomic mass is 35.5. The van der Waals surface area contributed by atoms with Crippen LogP contribution in [0.25, 0.3) is 0 Å². The zero-order valence-corrected chi connectivity index (χ0v) is 12.7. The maximum absolute atomic E-state index is 5.41. The van der Waals surface area contributed by atoms with Gasteiger partial charge in [0.05, 0.1) is 19.9 Å². The molecule has 0 spiro atoms. The minimum atomic E-state index is 0. The zero-order valence-electron chi connectivity index (χ0n) is 11.9. The van der Waals surface area contributed by atoms with E-state index in [0.717, 1.165) is 11.4 Å². The number of hydrogen-bond acceptors (Lipinski definition) is 4. The quantitative estimate of drug-likeness (QED) is 0.891. The van der Waals surface area contributed by atoms with Crippen molar-refractivity contribution in [2.24, 2.45) is 7.05 Å². The number of hydrogen-bond donors (Lipinski definition) is 1. The molecule has 110 valence electrons. The Labute approximate surface area is 125 Å². The maximum atomic E-state index is 5.41. The first kappa shape index (κ1) is 16.2. The lowest BCUT2D eigenvalue weighted by molar-refractivity contribution is 0.340. The van der Waals surface area contributed by atoms with Crippen LogP contribution in [-0.4, -0.2) is 23.5 Å². The summed E-state index contributed by atoms with van der Waals surface area (Å²) in [7, 11) is 3.48. The van der Waals surface area contributed by atoms with E-state index in [2.05, 4.69) is 10.4 Å². The fourth-order valence-electron chi connectivity index (χ4n) is 1.81. The van der Waals surface area contributed by atoms with Gasteiger partial charge in [0.25, 0.3) is 5.88 Å². The number of aromatic nitrogens is 2. The summed E-state index contributed by atoms with van der Waals surface area (Å²) in [5.74, 6) is 1.50. The van der Waals surface area contributed by atoms with Crippen molar-refractivity contribution in [3.63, 3.8) is 0 Å². The lowest BCUT2D eigenvalue weighted by atomic mass is 10.2. The zero-order chi connectivity index (χ0) is 13.7. The van der Waals surface area contributed by atoms with Gasteiger partial charge in [0.1, 0.15) is 11.4 Å². The molecule has 20 heavy (non-hydrogen) atoms. The third kappa shape index (κ3) is 4.06. The number of benzene rings is 1. The predicted octanol–water partition coefficient (Wildman–Crippen LogP) is 2.86. The summed E-state index contributed by atoms with van der Waals surface area (Å²) < 4.78 is 12.3. The molecule has 0 amide bonds. The Morgan fingerprint density at radius 1 is 1.25 bits per heavy atom. The second kappa shape index (κ2) is 7.65. The van der Waals surface area contributed by atoms with Crippen molar-refractivity contribution in [3.8, 4) is 11.6 Å². The van der Waals surface area contributed by atoms with E-state index < -0.39 is 0 Å². The summed E-state index contributed by atoms with van der Waals surface area (Å²) in [6.07, 6.45) is 1.90. The van der Waals surface area contributed by atoms with Gasteiger partial charge in [-0.1, -0.05) is 12.1 Å². The number of aryl methyl sites for hydroxylation is 1. The van der Waals surface area contributed by atoms with E-state index in [-0.39, 0.29) is 12.4 Å². The molecule has 0 bridgehead atoms. The van der Waals surface area contributed by atoms with Crippen LogP contribution in [0.15, 0.2) is 30.5 Å². The summed E-state index contributed by atoms with van der Waals surface area (Å²) in [6.45, 7) is 3.38. The number of rotatable bonds is 6. The summed E-state index contributed by atoms with van der Waals surface area (Å²) in [4.78, 5) is 0. The molecule has 0 saturated heterocycles.